The Balaban J connectivity index is 6.49. The minimum atomic E-state index is -0.898. The van der Waals surface area contributed by atoms with Crippen LogP contribution in [-0.4, -0.2) is 10.7 Å². The molecule has 0 aromatic heterocycles. The summed E-state index contributed by atoms with van der Waals surface area (Å²) in [6.07, 6.45) is 2.31. The second-order valence-corrected chi connectivity index (χ2v) is 12.6. The molecule has 27 heavy (non-hydrogen) atoms. The molecule has 0 aliphatic carbocycles. The fraction of sp³-hybridized carbons (Fsp3) is 0.846. The van der Waals surface area contributed by atoms with Crippen molar-refractivity contribution < 1.29 is 5.11 Å². The van der Waals surface area contributed by atoms with Crippen molar-refractivity contribution in [2.24, 2.45) is 27.1 Å². The van der Waals surface area contributed by atoms with Crippen molar-refractivity contribution in [1.82, 2.24) is 0 Å². The van der Waals surface area contributed by atoms with E-state index in [1.165, 1.54) is 16.7 Å². The molecule has 0 heterocycles. The average Bonchev–Trinajstić information content (AvgIpc) is 2.41. The van der Waals surface area contributed by atoms with Crippen molar-refractivity contribution in [3.63, 3.8) is 0 Å². The zero-order valence-electron chi connectivity index (χ0n) is 21.5. The molecule has 1 atom stereocenters. The van der Waals surface area contributed by atoms with Crippen molar-refractivity contribution in [3.8, 4) is 0 Å². The summed E-state index contributed by atoms with van der Waals surface area (Å²) in [6.45, 7) is 35.6. The van der Waals surface area contributed by atoms with E-state index >= 15 is 0 Å². The molecule has 1 unspecified atom stereocenters. The number of hydrogen-bond acceptors (Lipinski definition) is 1. The van der Waals surface area contributed by atoms with Gasteiger partial charge in [-0.05, 0) is 43.9 Å². The predicted octanol–water partition coefficient (Wildman–Crippen LogP) is 8.19. The summed E-state index contributed by atoms with van der Waals surface area (Å²) in [6, 6.07) is 0. The molecule has 0 saturated heterocycles. The molecule has 0 amide bonds. The molecule has 0 fully saturated rings. The molecule has 0 radical (unpaired) electrons. The molecular weight excluding hydrogens is 328 g/mol. The molecule has 0 aromatic rings. The molecule has 0 aromatic carbocycles. The quantitative estimate of drug-likeness (QED) is 0.478. The van der Waals surface area contributed by atoms with Gasteiger partial charge < -0.3 is 5.11 Å². The van der Waals surface area contributed by atoms with Crippen LogP contribution in [0.5, 0.6) is 0 Å². The van der Waals surface area contributed by atoms with Gasteiger partial charge in [-0.2, -0.15) is 0 Å². The Morgan fingerprint density at radius 1 is 0.556 bits per heavy atom. The highest BCUT2D eigenvalue weighted by atomic mass is 16.3. The maximum Gasteiger partial charge on any atom is 0.0794 e. The van der Waals surface area contributed by atoms with Crippen LogP contribution in [0.15, 0.2) is 22.8 Å². The molecule has 0 saturated carbocycles. The number of aliphatic hydroxyl groups is 1. The van der Waals surface area contributed by atoms with Crippen LogP contribution >= 0.6 is 0 Å². The summed E-state index contributed by atoms with van der Waals surface area (Å²) in [4.78, 5) is 0. The van der Waals surface area contributed by atoms with Gasteiger partial charge in [-0.3, -0.25) is 0 Å². The first kappa shape index (κ1) is 26.4. The van der Waals surface area contributed by atoms with Gasteiger partial charge in [0.05, 0.1) is 5.60 Å². The predicted molar refractivity (Wildman–Crippen MR) is 123 cm³/mol. The summed E-state index contributed by atoms with van der Waals surface area (Å²) in [7, 11) is 0. The van der Waals surface area contributed by atoms with Crippen LogP contribution in [0.4, 0.5) is 0 Å². The first-order valence-corrected chi connectivity index (χ1v) is 10.6. The maximum absolute atomic E-state index is 12.0. The second kappa shape index (κ2) is 7.36. The lowest BCUT2D eigenvalue weighted by Gasteiger charge is -2.53. The van der Waals surface area contributed by atoms with Gasteiger partial charge in [0.1, 0.15) is 0 Å². The Labute approximate surface area is 171 Å². The summed E-state index contributed by atoms with van der Waals surface area (Å²) in [5, 5.41) is 12.0. The van der Waals surface area contributed by atoms with Crippen molar-refractivity contribution in [2.75, 3.05) is 0 Å². The molecule has 1 heteroatoms. The van der Waals surface area contributed by atoms with Crippen molar-refractivity contribution in [3.05, 3.63) is 22.8 Å². The van der Waals surface area contributed by atoms with Crippen LogP contribution in [-0.2, 0) is 0 Å². The summed E-state index contributed by atoms with van der Waals surface area (Å²) in [5.41, 5.74) is 2.60. The van der Waals surface area contributed by atoms with Gasteiger partial charge in [-0.25, -0.2) is 0 Å². The molecule has 0 aliphatic rings. The van der Waals surface area contributed by atoms with E-state index in [9.17, 15) is 5.11 Å². The number of hydrogen-bond donors (Lipinski definition) is 1. The topological polar surface area (TPSA) is 20.2 Å². The van der Waals surface area contributed by atoms with Crippen LogP contribution in [0.1, 0.15) is 111 Å². The summed E-state index contributed by atoms with van der Waals surface area (Å²) < 4.78 is 0. The maximum atomic E-state index is 12.0. The first-order chi connectivity index (χ1) is 11.4. The summed E-state index contributed by atoms with van der Waals surface area (Å²) >= 11 is 0. The zero-order chi connectivity index (χ0) is 22.4. The molecule has 160 valence electrons. The fourth-order valence-electron chi connectivity index (χ4n) is 3.86. The van der Waals surface area contributed by atoms with Gasteiger partial charge in [-0.15, -0.1) is 0 Å². The number of rotatable bonds is 5. The van der Waals surface area contributed by atoms with Crippen molar-refractivity contribution in [1.29, 1.82) is 0 Å². The highest BCUT2D eigenvalue weighted by Crippen LogP contribution is 2.55. The van der Waals surface area contributed by atoms with Gasteiger partial charge in [0.25, 0.3) is 0 Å². The van der Waals surface area contributed by atoms with Gasteiger partial charge >= 0.3 is 0 Å². The molecule has 1 N–H and O–H groups in total. The van der Waals surface area contributed by atoms with E-state index < -0.39 is 5.60 Å². The fourth-order valence-corrected chi connectivity index (χ4v) is 3.86. The van der Waals surface area contributed by atoms with Gasteiger partial charge in [0, 0.05) is 10.8 Å². The molecular formula is C26H50O. The van der Waals surface area contributed by atoms with Crippen LogP contribution in [0, 0.1) is 27.1 Å². The molecule has 0 aliphatic heterocycles. The lowest BCUT2D eigenvalue weighted by molar-refractivity contribution is -0.107. The van der Waals surface area contributed by atoms with E-state index in [0.717, 1.165) is 0 Å². The Bertz CT molecular complexity index is 593. The van der Waals surface area contributed by atoms with Crippen LogP contribution in [0.3, 0.4) is 0 Å². The smallest absolute Gasteiger partial charge is 0.0794 e. The molecule has 0 bridgehead atoms. The van der Waals surface area contributed by atoms with Gasteiger partial charge in [-0.1, -0.05) is 106 Å². The Morgan fingerprint density at radius 2 is 0.889 bits per heavy atom. The zero-order valence-corrected chi connectivity index (χ0v) is 21.5. The highest BCUT2D eigenvalue weighted by molar-refractivity contribution is 5.31. The van der Waals surface area contributed by atoms with E-state index in [0.29, 0.717) is 0 Å². The third-order valence-corrected chi connectivity index (χ3v) is 8.38. The van der Waals surface area contributed by atoms with Crippen molar-refractivity contribution in [2.45, 2.75) is 116 Å². The largest absolute Gasteiger partial charge is 0.388 e. The Kier molecular flexibility index (Phi) is 7.21. The van der Waals surface area contributed by atoms with E-state index in [1.807, 2.05) is 6.92 Å². The second-order valence-electron chi connectivity index (χ2n) is 12.6. The van der Waals surface area contributed by atoms with Crippen LogP contribution in [0.2, 0.25) is 0 Å². The van der Waals surface area contributed by atoms with Crippen molar-refractivity contribution >= 4 is 0 Å². The number of allylic oxidation sites excluding steroid dienone is 2. The first-order valence-electron chi connectivity index (χ1n) is 10.6. The molecule has 0 spiro atoms. The highest BCUT2D eigenvalue weighted by Gasteiger charge is 2.53. The van der Waals surface area contributed by atoms with Crippen LogP contribution in [0.25, 0.3) is 0 Å². The van der Waals surface area contributed by atoms with E-state index in [2.05, 4.69) is 110 Å². The summed E-state index contributed by atoms with van der Waals surface area (Å²) in [5.74, 6) is 0. The minimum absolute atomic E-state index is 0.0465. The Morgan fingerprint density at radius 3 is 1.19 bits per heavy atom. The Hall–Kier alpha value is -0.560. The van der Waals surface area contributed by atoms with E-state index in [1.54, 1.807) is 0 Å². The standard InChI is InChI=1S/C26H50O/c1-18(17-21(4,5)6)23(10,11)26(16,27)25(14,15)20(3)19(2)24(12,13)22(7,8)9/h17,27H,1-16H3/b18-17?,20-19-. The minimum Gasteiger partial charge on any atom is -0.388 e. The molecule has 1 nitrogen and oxygen atoms in total. The lowest BCUT2D eigenvalue weighted by atomic mass is 9.54. The van der Waals surface area contributed by atoms with Gasteiger partial charge in [0.2, 0.25) is 0 Å². The third kappa shape index (κ3) is 4.89. The van der Waals surface area contributed by atoms with E-state index in [4.69, 9.17) is 0 Å². The molecule has 0 rings (SSSR count). The van der Waals surface area contributed by atoms with Crippen LogP contribution < -0.4 is 0 Å². The average molecular weight is 379 g/mol. The normalized spacial score (nSPS) is 18.9. The lowest BCUT2D eigenvalue weighted by Crippen LogP contribution is -2.54. The van der Waals surface area contributed by atoms with Gasteiger partial charge in [0.15, 0.2) is 0 Å². The van der Waals surface area contributed by atoms with E-state index in [-0.39, 0.29) is 27.1 Å². The SMILES string of the molecule is CC(=CC(C)(C)C)C(C)(C)C(C)(O)C(C)(C)/C(C)=C(/C)C(C)(C)C(C)(C)C. The monoisotopic (exact) mass is 378 g/mol. The third-order valence-electron chi connectivity index (χ3n) is 8.38.